The van der Waals surface area contributed by atoms with Gasteiger partial charge in [0.05, 0.1) is 0 Å². The van der Waals surface area contributed by atoms with Crippen molar-refractivity contribution in [1.82, 2.24) is 16.0 Å². The number of nitrogens with two attached hydrogens (primary N) is 2. The lowest BCUT2D eigenvalue weighted by molar-refractivity contribution is -0.140. The van der Waals surface area contributed by atoms with E-state index in [0.29, 0.717) is 13.0 Å². The van der Waals surface area contributed by atoms with Crippen molar-refractivity contribution in [2.75, 3.05) is 18.5 Å². The van der Waals surface area contributed by atoms with Gasteiger partial charge in [-0.3, -0.25) is 20.1 Å². The Bertz CT molecular complexity index is 886. The summed E-state index contributed by atoms with van der Waals surface area (Å²) in [7, 11) is 1.80. The maximum absolute atomic E-state index is 12.3. The lowest BCUT2D eigenvalue weighted by Gasteiger charge is -2.36. The van der Waals surface area contributed by atoms with Crippen LogP contribution < -0.4 is 32.3 Å². The summed E-state index contributed by atoms with van der Waals surface area (Å²) in [5.41, 5.74) is 12.7. The molecule has 2 atom stereocenters. The Hall–Kier alpha value is -3.80. The van der Waals surface area contributed by atoms with Crippen LogP contribution in [0.1, 0.15) is 29.6 Å². The van der Waals surface area contributed by atoms with E-state index in [1.165, 1.54) is 18.2 Å². The molecule has 0 saturated carbocycles. The van der Waals surface area contributed by atoms with Gasteiger partial charge in [0.1, 0.15) is 11.9 Å². The van der Waals surface area contributed by atoms with Crippen molar-refractivity contribution >= 4 is 29.4 Å². The first-order valence-electron chi connectivity index (χ1n) is 9.42. The molecule has 0 aliphatic carbocycles. The first-order valence-corrected chi connectivity index (χ1v) is 9.42. The Morgan fingerprint density at radius 3 is 2.39 bits per heavy atom. The standard InChI is InChI=1S/C19H26N6O6/c1-25(9-8-19(21)23-14(20)10-15(26)24-19)12-4-2-11(3-5-12)17(29)22-13(18(30)31)6-7-16(27)28/h2-5,10,13,23H,6-9,20-21H2,1H3,(H,22,29)(H,24,26)(H,27,28)(H,30,31)/t13-,19?/m0/s1. The van der Waals surface area contributed by atoms with Gasteiger partial charge in [0.15, 0.2) is 5.79 Å². The van der Waals surface area contributed by atoms with E-state index in [1.807, 2.05) is 4.90 Å². The third kappa shape index (κ3) is 6.89. The lowest BCUT2D eigenvalue weighted by atomic mass is 10.1. The van der Waals surface area contributed by atoms with E-state index in [0.717, 1.165) is 5.69 Å². The number of hydrogen-bond donors (Lipinski definition) is 7. The highest BCUT2D eigenvalue weighted by Crippen LogP contribution is 2.16. The summed E-state index contributed by atoms with van der Waals surface area (Å²) in [5.74, 6) is -4.48. The van der Waals surface area contributed by atoms with Crippen LogP contribution in [0.15, 0.2) is 36.2 Å². The Morgan fingerprint density at radius 1 is 1.19 bits per heavy atom. The molecule has 2 rings (SSSR count). The van der Waals surface area contributed by atoms with E-state index < -0.39 is 29.7 Å². The molecule has 1 aromatic rings. The number of rotatable bonds is 10. The van der Waals surface area contributed by atoms with Crippen LogP contribution in [0.2, 0.25) is 0 Å². The highest BCUT2D eigenvalue weighted by Gasteiger charge is 2.30. The van der Waals surface area contributed by atoms with E-state index in [4.69, 9.17) is 21.7 Å². The minimum Gasteiger partial charge on any atom is -0.481 e. The van der Waals surface area contributed by atoms with E-state index in [-0.39, 0.29) is 30.1 Å². The number of carboxylic acids is 2. The number of amides is 2. The summed E-state index contributed by atoms with van der Waals surface area (Å²) >= 11 is 0. The molecule has 1 aromatic carbocycles. The molecule has 0 aromatic heterocycles. The first kappa shape index (κ1) is 23.5. The number of nitrogens with zero attached hydrogens (tertiary/aromatic N) is 1. The third-order valence-electron chi connectivity index (χ3n) is 4.66. The van der Waals surface area contributed by atoms with Crippen LogP contribution >= 0.6 is 0 Å². The molecule has 31 heavy (non-hydrogen) atoms. The highest BCUT2D eigenvalue weighted by atomic mass is 16.4. The zero-order valence-electron chi connectivity index (χ0n) is 16.9. The molecule has 2 amide bonds. The monoisotopic (exact) mass is 434 g/mol. The zero-order valence-corrected chi connectivity index (χ0v) is 16.9. The van der Waals surface area contributed by atoms with Crippen LogP contribution in [-0.4, -0.2) is 59.4 Å². The summed E-state index contributed by atoms with van der Waals surface area (Å²) in [4.78, 5) is 47.6. The van der Waals surface area contributed by atoms with Crippen molar-refractivity contribution in [3.8, 4) is 0 Å². The van der Waals surface area contributed by atoms with Gasteiger partial charge in [-0.05, 0) is 30.7 Å². The summed E-state index contributed by atoms with van der Waals surface area (Å²) < 4.78 is 0. The lowest BCUT2D eigenvalue weighted by Crippen LogP contribution is -2.68. The molecular weight excluding hydrogens is 408 g/mol. The van der Waals surface area contributed by atoms with Crippen LogP contribution in [0.3, 0.4) is 0 Å². The number of nitrogens with one attached hydrogen (secondary N) is 3. The molecule has 0 spiro atoms. The predicted octanol–water partition coefficient (Wildman–Crippen LogP) is -1.31. The molecule has 1 aliphatic heterocycles. The van der Waals surface area contributed by atoms with Crippen LogP contribution in [0.5, 0.6) is 0 Å². The zero-order chi connectivity index (χ0) is 23.2. The SMILES string of the molecule is CN(CCC1(N)NC(=O)C=C(N)N1)c1ccc(C(=O)N[C@@H](CCC(=O)O)C(=O)O)cc1. The highest BCUT2D eigenvalue weighted by molar-refractivity contribution is 5.97. The number of carboxylic acid groups (broad SMARTS) is 2. The molecule has 0 fully saturated rings. The fourth-order valence-electron chi connectivity index (χ4n) is 2.95. The van der Waals surface area contributed by atoms with Gasteiger partial charge in [0, 0.05) is 43.8 Å². The van der Waals surface area contributed by atoms with Crippen molar-refractivity contribution in [2.45, 2.75) is 31.1 Å². The summed E-state index contributed by atoms with van der Waals surface area (Å²) in [6, 6.07) is 5.10. The van der Waals surface area contributed by atoms with Crippen LogP contribution in [0.25, 0.3) is 0 Å². The fourth-order valence-corrected chi connectivity index (χ4v) is 2.95. The second kappa shape index (κ2) is 9.80. The minimum atomic E-state index is -1.31. The fraction of sp³-hybridized carbons (Fsp3) is 0.368. The van der Waals surface area contributed by atoms with Gasteiger partial charge in [-0.15, -0.1) is 0 Å². The summed E-state index contributed by atoms with van der Waals surface area (Å²) in [6.07, 6.45) is 0.938. The molecule has 9 N–H and O–H groups in total. The maximum Gasteiger partial charge on any atom is 0.326 e. The van der Waals surface area contributed by atoms with E-state index in [2.05, 4.69) is 16.0 Å². The topological polar surface area (TPSA) is 200 Å². The van der Waals surface area contributed by atoms with E-state index in [9.17, 15) is 19.2 Å². The Labute approximate surface area is 178 Å². The Kier molecular flexibility index (Phi) is 7.42. The van der Waals surface area contributed by atoms with Gasteiger partial charge in [0.25, 0.3) is 5.91 Å². The van der Waals surface area contributed by atoms with E-state index in [1.54, 1.807) is 19.2 Å². The molecule has 0 bridgehead atoms. The molecule has 1 aliphatic rings. The van der Waals surface area contributed by atoms with Gasteiger partial charge in [-0.2, -0.15) is 0 Å². The predicted molar refractivity (Wildman–Crippen MR) is 111 cm³/mol. The molecule has 0 radical (unpaired) electrons. The number of anilines is 1. The molecule has 1 heterocycles. The smallest absolute Gasteiger partial charge is 0.326 e. The number of hydrogen-bond acceptors (Lipinski definition) is 8. The van der Waals surface area contributed by atoms with Crippen LogP contribution in [0, 0.1) is 0 Å². The van der Waals surface area contributed by atoms with Gasteiger partial charge in [0.2, 0.25) is 5.91 Å². The summed E-state index contributed by atoms with van der Waals surface area (Å²) in [5, 5.41) is 25.6. The largest absolute Gasteiger partial charge is 0.481 e. The van der Waals surface area contributed by atoms with Crippen LogP contribution in [-0.2, 0) is 14.4 Å². The van der Waals surface area contributed by atoms with Gasteiger partial charge in [-0.25, -0.2) is 4.79 Å². The third-order valence-corrected chi connectivity index (χ3v) is 4.66. The number of benzene rings is 1. The van der Waals surface area contributed by atoms with Crippen molar-refractivity contribution in [1.29, 1.82) is 0 Å². The number of carbonyl (C=O) groups excluding carboxylic acids is 2. The van der Waals surface area contributed by atoms with Crippen molar-refractivity contribution in [2.24, 2.45) is 11.5 Å². The Balaban J connectivity index is 1.95. The molecule has 1 unspecified atom stereocenters. The first-order chi connectivity index (χ1) is 14.5. The molecule has 0 saturated heterocycles. The normalized spacial score (nSPS) is 18.8. The van der Waals surface area contributed by atoms with Crippen LogP contribution in [0.4, 0.5) is 5.69 Å². The minimum absolute atomic E-state index is 0.173. The quantitative estimate of drug-likeness (QED) is 0.232. The van der Waals surface area contributed by atoms with E-state index >= 15 is 0 Å². The second-order valence-corrected chi connectivity index (χ2v) is 7.20. The maximum atomic E-state index is 12.3. The molecule has 12 nitrogen and oxygen atoms in total. The van der Waals surface area contributed by atoms with Gasteiger partial charge < -0.3 is 36.8 Å². The number of aliphatic carboxylic acids is 2. The van der Waals surface area contributed by atoms with Crippen molar-refractivity contribution in [3.63, 3.8) is 0 Å². The second-order valence-electron chi connectivity index (χ2n) is 7.20. The molecular formula is C19H26N6O6. The van der Waals surface area contributed by atoms with Crippen molar-refractivity contribution in [3.05, 3.63) is 41.7 Å². The van der Waals surface area contributed by atoms with Gasteiger partial charge in [-0.1, -0.05) is 0 Å². The average molecular weight is 434 g/mol. The number of carbonyl (C=O) groups is 4. The molecule has 12 heteroatoms. The summed E-state index contributed by atoms with van der Waals surface area (Å²) in [6.45, 7) is 0.443. The van der Waals surface area contributed by atoms with Crippen molar-refractivity contribution < 1.29 is 29.4 Å². The average Bonchev–Trinajstić information content (AvgIpc) is 2.68. The Morgan fingerprint density at radius 2 is 1.84 bits per heavy atom. The molecule has 168 valence electrons. The van der Waals surface area contributed by atoms with Gasteiger partial charge >= 0.3 is 11.9 Å².